The number of benzene rings is 1. The lowest BCUT2D eigenvalue weighted by Gasteiger charge is -2.37. The summed E-state index contributed by atoms with van der Waals surface area (Å²) in [5.41, 5.74) is 5.94. The average molecular weight is 327 g/mol. The van der Waals surface area contributed by atoms with Crippen molar-refractivity contribution in [2.24, 2.45) is 11.1 Å². The Morgan fingerprint density at radius 3 is 2.37 bits per heavy atom. The SMILES string of the molecule is C[C@@H](NC(=O)C(C)(C)C(C)(C)N)c1cccc(Br)c1. The second-order valence-electron chi connectivity index (χ2n) is 6.10. The van der Waals surface area contributed by atoms with Crippen LogP contribution in [-0.2, 0) is 4.79 Å². The number of carbonyl (C=O) groups excluding carboxylic acids is 1. The summed E-state index contributed by atoms with van der Waals surface area (Å²) in [6.07, 6.45) is 0. The summed E-state index contributed by atoms with van der Waals surface area (Å²) in [6.45, 7) is 9.46. The van der Waals surface area contributed by atoms with Gasteiger partial charge in [-0.2, -0.15) is 0 Å². The van der Waals surface area contributed by atoms with E-state index in [0.29, 0.717) is 0 Å². The third kappa shape index (κ3) is 3.80. The van der Waals surface area contributed by atoms with E-state index in [-0.39, 0.29) is 11.9 Å². The molecule has 0 saturated carbocycles. The van der Waals surface area contributed by atoms with E-state index in [1.54, 1.807) is 0 Å². The summed E-state index contributed by atoms with van der Waals surface area (Å²) < 4.78 is 1.00. The molecule has 1 rings (SSSR count). The van der Waals surface area contributed by atoms with Crippen LogP contribution in [0.5, 0.6) is 0 Å². The van der Waals surface area contributed by atoms with E-state index in [1.165, 1.54) is 0 Å². The van der Waals surface area contributed by atoms with Crippen LogP contribution >= 0.6 is 15.9 Å². The minimum absolute atomic E-state index is 0.0347. The largest absolute Gasteiger partial charge is 0.349 e. The summed E-state index contributed by atoms with van der Waals surface area (Å²) in [7, 11) is 0. The maximum Gasteiger partial charge on any atom is 0.227 e. The standard InChI is InChI=1S/C15H23BrN2O/c1-10(11-7-6-8-12(16)9-11)18-13(19)14(2,3)15(4,5)17/h6-10H,17H2,1-5H3,(H,18,19)/t10-/m1/s1. The number of amides is 1. The first kappa shape index (κ1) is 16.2. The van der Waals surface area contributed by atoms with Gasteiger partial charge in [-0.3, -0.25) is 4.79 Å². The van der Waals surface area contributed by atoms with Crippen molar-refractivity contribution in [2.75, 3.05) is 0 Å². The highest BCUT2D eigenvalue weighted by Crippen LogP contribution is 2.29. The summed E-state index contributed by atoms with van der Waals surface area (Å²) >= 11 is 3.44. The maximum absolute atomic E-state index is 12.4. The Bertz CT molecular complexity index is 463. The van der Waals surface area contributed by atoms with Crippen LogP contribution in [0.25, 0.3) is 0 Å². The van der Waals surface area contributed by atoms with Gasteiger partial charge in [0, 0.05) is 10.0 Å². The van der Waals surface area contributed by atoms with Crippen LogP contribution < -0.4 is 11.1 Å². The van der Waals surface area contributed by atoms with Gasteiger partial charge >= 0.3 is 0 Å². The van der Waals surface area contributed by atoms with Gasteiger partial charge in [0.15, 0.2) is 0 Å². The molecule has 0 aliphatic carbocycles. The van der Waals surface area contributed by atoms with Crippen LogP contribution in [0.15, 0.2) is 28.7 Å². The number of halogens is 1. The minimum atomic E-state index is -0.632. The normalized spacial score (nSPS) is 14.1. The smallest absolute Gasteiger partial charge is 0.227 e. The van der Waals surface area contributed by atoms with Crippen LogP contribution in [-0.4, -0.2) is 11.4 Å². The first-order valence-corrected chi connectivity index (χ1v) is 7.20. The van der Waals surface area contributed by atoms with Crippen LogP contribution in [0.2, 0.25) is 0 Å². The van der Waals surface area contributed by atoms with Crippen LogP contribution in [0, 0.1) is 5.41 Å². The van der Waals surface area contributed by atoms with Gasteiger partial charge in [0.1, 0.15) is 0 Å². The van der Waals surface area contributed by atoms with Gasteiger partial charge in [-0.05, 0) is 52.3 Å². The Labute approximate surface area is 124 Å². The van der Waals surface area contributed by atoms with Gasteiger partial charge in [0.05, 0.1) is 11.5 Å². The quantitative estimate of drug-likeness (QED) is 0.891. The molecule has 1 aromatic rings. The Balaban J connectivity index is 2.83. The fourth-order valence-electron chi connectivity index (χ4n) is 1.53. The van der Waals surface area contributed by atoms with E-state index >= 15 is 0 Å². The molecule has 0 aliphatic rings. The molecule has 0 bridgehead atoms. The zero-order valence-corrected chi connectivity index (χ0v) is 13.8. The lowest BCUT2D eigenvalue weighted by atomic mass is 9.74. The van der Waals surface area contributed by atoms with E-state index < -0.39 is 11.0 Å². The topological polar surface area (TPSA) is 55.1 Å². The minimum Gasteiger partial charge on any atom is -0.349 e. The predicted molar refractivity (Wildman–Crippen MR) is 82.7 cm³/mol. The van der Waals surface area contributed by atoms with E-state index in [4.69, 9.17) is 5.73 Å². The molecule has 0 heterocycles. The number of rotatable bonds is 4. The van der Waals surface area contributed by atoms with Crippen molar-refractivity contribution in [1.29, 1.82) is 0 Å². The molecule has 1 aromatic carbocycles. The zero-order chi connectivity index (χ0) is 14.8. The highest BCUT2D eigenvalue weighted by Gasteiger charge is 2.40. The summed E-state index contributed by atoms with van der Waals surface area (Å²) in [6, 6.07) is 7.87. The summed E-state index contributed by atoms with van der Waals surface area (Å²) in [4.78, 5) is 12.4. The molecule has 3 N–H and O–H groups in total. The monoisotopic (exact) mass is 326 g/mol. The molecule has 0 saturated heterocycles. The molecule has 0 spiro atoms. The third-order valence-corrected chi connectivity index (χ3v) is 4.37. The van der Waals surface area contributed by atoms with Crippen molar-refractivity contribution >= 4 is 21.8 Å². The van der Waals surface area contributed by atoms with Crippen molar-refractivity contribution in [3.8, 4) is 0 Å². The number of carbonyl (C=O) groups is 1. The lowest BCUT2D eigenvalue weighted by molar-refractivity contribution is -0.132. The molecule has 0 radical (unpaired) electrons. The van der Waals surface area contributed by atoms with Crippen LogP contribution in [0.1, 0.15) is 46.2 Å². The maximum atomic E-state index is 12.4. The molecule has 0 unspecified atom stereocenters. The molecule has 3 nitrogen and oxygen atoms in total. The van der Waals surface area contributed by atoms with Crippen molar-refractivity contribution in [3.63, 3.8) is 0 Å². The number of nitrogens with two attached hydrogens (primary N) is 1. The molecule has 4 heteroatoms. The molecular formula is C15H23BrN2O. The molecule has 0 fully saturated rings. The first-order chi connectivity index (χ1) is 8.55. The van der Waals surface area contributed by atoms with Crippen molar-refractivity contribution in [3.05, 3.63) is 34.3 Å². The molecule has 19 heavy (non-hydrogen) atoms. The number of nitrogens with one attached hydrogen (secondary N) is 1. The predicted octanol–water partition coefficient (Wildman–Crippen LogP) is 3.39. The van der Waals surface area contributed by atoms with Gasteiger partial charge in [-0.1, -0.05) is 28.1 Å². The number of hydrogen-bond donors (Lipinski definition) is 2. The zero-order valence-electron chi connectivity index (χ0n) is 12.3. The van der Waals surface area contributed by atoms with Crippen molar-refractivity contribution in [1.82, 2.24) is 5.32 Å². The van der Waals surface area contributed by atoms with Gasteiger partial charge in [0.2, 0.25) is 5.91 Å². The van der Waals surface area contributed by atoms with E-state index in [9.17, 15) is 4.79 Å². The Hall–Kier alpha value is -0.870. The van der Waals surface area contributed by atoms with Crippen molar-refractivity contribution in [2.45, 2.75) is 46.2 Å². The Morgan fingerprint density at radius 2 is 1.89 bits per heavy atom. The van der Waals surface area contributed by atoms with E-state index in [2.05, 4.69) is 21.2 Å². The Morgan fingerprint density at radius 1 is 1.32 bits per heavy atom. The van der Waals surface area contributed by atoms with E-state index in [0.717, 1.165) is 10.0 Å². The highest BCUT2D eigenvalue weighted by atomic mass is 79.9. The van der Waals surface area contributed by atoms with Gasteiger partial charge in [0.25, 0.3) is 0 Å². The molecule has 1 amide bonds. The fraction of sp³-hybridized carbons (Fsp3) is 0.533. The molecule has 106 valence electrons. The van der Waals surface area contributed by atoms with Crippen LogP contribution in [0.4, 0.5) is 0 Å². The second-order valence-corrected chi connectivity index (χ2v) is 7.01. The summed E-state index contributed by atoms with van der Waals surface area (Å²) in [5, 5.41) is 3.03. The third-order valence-electron chi connectivity index (χ3n) is 3.87. The molecular weight excluding hydrogens is 304 g/mol. The van der Waals surface area contributed by atoms with Crippen LogP contribution in [0.3, 0.4) is 0 Å². The van der Waals surface area contributed by atoms with E-state index in [1.807, 2.05) is 58.9 Å². The number of hydrogen-bond acceptors (Lipinski definition) is 2. The van der Waals surface area contributed by atoms with Gasteiger partial charge in [-0.25, -0.2) is 0 Å². The van der Waals surface area contributed by atoms with Gasteiger partial charge in [-0.15, -0.1) is 0 Å². The first-order valence-electron chi connectivity index (χ1n) is 6.41. The molecule has 0 aromatic heterocycles. The Kier molecular flexibility index (Phi) is 4.80. The molecule has 0 aliphatic heterocycles. The lowest BCUT2D eigenvalue weighted by Crippen LogP contribution is -2.55. The highest BCUT2D eigenvalue weighted by molar-refractivity contribution is 9.10. The van der Waals surface area contributed by atoms with Gasteiger partial charge < -0.3 is 11.1 Å². The molecule has 1 atom stereocenters. The second kappa shape index (κ2) is 5.63. The van der Waals surface area contributed by atoms with Crippen molar-refractivity contribution < 1.29 is 4.79 Å². The average Bonchev–Trinajstić information content (AvgIpc) is 2.27. The summed E-state index contributed by atoms with van der Waals surface area (Å²) in [5.74, 6) is -0.0347. The fourth-order valence-corrected chi connectivity index (χ4v) is 1.95.